The zero-order valence-corrected chi connectivity index (χ0v) is 23.3. The zero-order valence-electron chi connectivity index (χ0n) is 21.8. The summed E-state index contributed by atoms with van der Waals surface area (Å²) in [6.07, 6.45) is 3.07. The van der Waals surface area contributed by atoms with Crippen LogP contribution in [0.1, 0.15) is 38.3 Å². The van der Waals surface area contributed by atoms with Gasteiger partial charge in [-0.15, -0.1) is 0 Å². The smallest absolute Gasteiger partial charge is 0.350 e. The molecule has 0 heterocycles. The van der Waals surface area contributed by atoms with E-state index in [0.717, 1.165) is 0 Å². The van der Waals surface area contributed by atoms with Crippen molar-refractivity contribution in [1.29, 1.82) is 0 Å². The average molecular weight is 582 g/mol. The molecule has 0 fully saturated rings. The quantitative estimate of drug-likeness (QED) is 0.237. The van der Waals surface area contributed by atoms with E-state index in [0.29, 0.717) is 27.6 Å². The summed E-state index contributed by atoms with van der Waals surface area (Å²) >= 11 is 11.9. The topological polar surface area (TPSA) is 104 Å². The van der Waals surface area contributed by atoms with Crippen molar-refractivity contribution in [1.82, 2.24) is 16.0 Å². The highest BCUT2D eigenvalue weighted by Gasteiger charge is 2.51. The summed E-state index contributed by atoms with van der Waals surface area (Å²) in [4.78, 5) is 50.6. The second-order valence-corrected chi connectivity index (χ2v) is 10.00. The minimum Gasteiger partial charge on any atom is -0.350 e. The fourth-order valence-corrected chi connectivity index (χ4v) is 3.82. The molecule has 0 aliphatic heterocycles. The molecule has 0 unspecified atom stereocenters. The maximum absolute atomic E-state index is 14.7. The van der Waals surface area contributed by atoms with Crippen LogP contribution >= 0.6 is 23.2 Å². The number of halogens is 4. The number of alkyl halides is 2. The van der Waals surface area contributed by atoms with Gasteiger partial charge in [0.2, 0.25) is 17.6 Å². The third-order valence-electron chi connectivity index (χ3n) is 5.66. The molecule has 0 aromatic heterocycles. The number of hydrogen-bond donors (Lipinski definition) is 3. The largest absolute Gasteiger partial charge is 0.383 e. The highest BCUT2D eigenvalue weighted by atomic mass is 35.5. The third kappa shape index (κ3) is 9.44. The third-order valence-corrected chi connectivity index (χ3v) is 6.40. The molecule has 2 aromatic carbocycles. The van der Waals surface area contributed by atoms with Gasteiger partial charge < -0.3 is 16.0 Å². The van der Waals surface area contributed by atoms with E-state index < -0.39 is 47.4 Å². The Morgan fingerprint density at radius 1 is 0.974 bits per heavy atom. The Morgan fingerprint density at radius 3 is 2.23 bits per heavy atom. The Labute approximate surface area is 236 Å². The van der Waals surface area contributed by atoms with Gasteiger partial charge in [-0.05, 0) is 41.7 Å². The molecule has 2 atom stereocenters. The summed E-state index contributed by atoms with van der Waals surface area (Å²) in [5.41, 5.74) is 1.26. The van der Waals surface area contributed by atoms with Crippen LogP contribution in [-0.4, -0.2) is 48.1 Å². The Morgan fingerprint density at radius 2 is 1.64 bits per heavy atom. The first kappa shape index (κ1) is 31.9. The van der Waals surface area contributed by atoms with Crippen molar-refractivity contribution in [2.24, 2.45) is 5.92 Å². The first-order valence-electron chi connectivity index (χ1n) is 12.3. The predicted octanol–water partition coefficient (Wildman–Crippen LogP) is 4.61. The van der Waals surface area contributed by atoms with Crippen molar-refractivity contribution in [3.05, 3.63) is 75.8 Å². The van der Waals surface area contributed by atoms with Crippen molar-refractivity contribution < 1.29 is 28.0 Å². The molecule has 2 rings (SSSR count). The van der Waals surface area contributed by atoms with Gasteiger partial charge in [-0.3, -0.25) is 19.2 Å². The van der Waals surface area contributed by atoms with Gasteiger partial charge in [-0.25, -0.2) is 0 Å². The van der Waals surface area contributed by atoms with Crippen molar-refractivity contribution >= 4 is 52.8 Å². The molecule has 3 amide bonds. The Hall–Kier alpha value is -3.30. The van der Waals surface area contributed by atoms with Gasteiger partial charge in [0, 0.05) is 19.0 Å². The van der Waals surface area contributed by atoms with Gasteiger partial charge >= 0.3 is 5.92 Å². The summed E-state index contributed by atoms with van der Waals surface area (Å²) in [6.45, 7) is 4.58. The second kappa shape index (κ2) is 14.7. The Kier molecular flexibility index (Phi) is 12.1. The van der Waals surface area contributed by atoms with E-state index in [9.17, 15) is 28.0 Å². The Balaban J connectivity index is 2.25. The number of amides is 3. The van der Waals surface area contributed by atoms with Crippen LogP contribution in [0.2, 0.25) is 10.0 Å². The fourth-order valence-electron chi connectivity index (χ4n) is 3.51. The fraction of sp³-hybridized carbons (Fsp3) is 0.357. The van der Waals surface area contributed by atoms with Crippen molar-refractivity contribution in [3.8, 4) is 0 Å². The Bertz CT molecular complexity index is 1210. The van der Waals surface area contributed by atoms with Crippen LogP contribution < -0.4 is 16.0 Å². The molecule has 7 nitrogen and oxygen atoms in total. The minimum absolute atomic E-state index is 0.0193. The van der Waals surface area contributed by atoms with Gasteiger partial charge in [-0.1, -0.05) is 80.4 Å². The first-order valence-corrected chi connectivity index (χ1v) is 13.1. The molecular formula is C28H31Cl2F2N3O4. The number of carbonyl (C=O) groups excluding carboxylic acids is 4. The van der Waals surface area contributed by atoms with Crippen LogP contribution in [-0.2, 0) is 25.6 Å². The summed E-state index contributed by atoms with van der Waals surface area (Å²) < 4.78 is 29.3. The van der Waals surface area contributed by atoms with Crippen molar-refractivity contribution in [2.75, 3.05) is 6.54 Å². The van der Waals surface area contributed by atoms with Crippen LogP contribution in [0.3, 0.4) is 0 Å². The molecule has 2 aromatic rings. The summed E-state index contributed by atoms with van der Waals surface area (Å²) in [7, 11) is 0. The van der Waals surface area contributed by atoms with Crippen LogP contribution in [0.25, 0.3) is 6.08 Å². The van der Waals surface area contributed by atoms with Gasteiger partial charge in [-0.2, -0.15) is 8.78 Å². The maximum Gasteiger partial charge on any atom is 0.383 e. The number of carbonyl (C=O) groups is 4. The number of nitrogens with one attached hydrogen (secondary N) is 3. The number of benzene rings is 2. The molecule has 210 valence electrons. The van der Waals surface area contributed by atoms with Gasteiger partial charge in [0.25, 0.3) is 5.91 Å². The molecule has 0 aliphatic rings. The standard InChI is InChI=1S/C28H31Cl2F2N3O4/c1-4-14-33-27(39)28(31,32)25(37)24(17(2)3)35-26(38)22(16-18-8-6-5-7-9-18)34-23(36)13-11-19-10-12-20(29)21(30)15-19/h5-13,15,17,22,24H,4,14,16H2,1-3H3,(H,33,39)(H,34,36)(H,35,38)/t22-,24-/m0/s1. The lowest BCUT2D eigenvalue weighted by molar-refractivity contribution is -0.161. The van der Waals surface area contributed by atoms with Crippen molar-refractivity contribution in [3.63, 3.8) is 0 Å². The highest BCUT2D eigenvalue weighted by Crippen LogP contribution is 2.23. The number of hydrogen-bond acceptors (Lipinski definition) is 4. The molecule has 0 saturated heterocycles. The molecule has 0 bridgehead atoms. The molecule has 39 heavy (non-hydrogen) atoms. The van der Waals surface area contributed by atoms with E-state index in [4.69, 9.17) is 23.2 Å². The van der Waals surface area contributed by atoms with E-state index in [1.807, 2.05) is 5.32 Å². The summed E-state index contributed by atoms with van der Waals surface area (Å²) in [6, 6.07) is 10.6. The summed E-state index contributed by atoms with van der Waals surface area (Å²) in [5, 5.41) is 7.54. The first-order chi connectivity index (χ1) is 18.4. The minimum atomic E-state index is -4.35. The highest BCUT2D eigenvalue weighted by molar-refractivity contribution is 6.42. The monoisotopic (exact) mass is 581 g/mol. The normalized spacial score (nSPS) is 13.1. The second-order valence-electron chi connectivity index (χ2n) is 9.18. The number of Topliss-reactive ketones (excluding diaryl/α,β-unsaturated/α-hetero) is 1. The summed E-state index contributed by atoms with van der Waals surface area (Å²) in [5.74, 6) is -10.1. The lowest BCUT2D eigenvalue weighted by Gasteiger charge is -2.27. The van der Waals surface area contributed by atoms with Crippen LogP contribution in [0, 0.1) is 5.92 Å². The molecule has 11 heteroatoms. The number of rotatable bonds is 13. The van der Waals surface area contributed by atoms with Crippen LogP contribution in [0.4, 0.5) is 8.78 Å². The van der Waals surface area contributed by atoms with E-state index in [-0.39, 0.29) is 13.0 Å². The average Bonchev–Trinajstić information content (AvgIpc) is 2.90. The lowest BCUT2D eigenvalue weighted by Crippen LogP contribution is -2.59. The SMILES string of the molecule is CCCNC(=O)C(F)(F)C(=O)[C@@H](NC(=O)[C@H](Cc1ccccc1)NC(=O)C=Cc1ccc(Cl)c(Cl)c1)C(C)C. The molecule has 0 spiro atoms. The number of ketones is 1. The van der Waals surface area contributed by atoms with Crippen LogP contribution in [0.5, 0.6) is 0 Å². The molecule has 3 N–H and O–H groups in total. The molecular weight excluding hydrogens is 551 g/mol. The molecule has 0 radical (unpaired) electrons. The van der Waals surface area contributed by atoms with Gasteiger partial charge in [0.05, 0.1) is 16.1 Å². The van der Waals surface area contributed by atoms with Gasteiger partial charge in [0.15, 0.2) is 0 Å². The van der Waals surface area contributed by atoms with E-state index >= 15 is 0 Å². The van der Waals surface area contributed by atoms with E-state index in [2.05, 4.69) is 10.6 Å². The van der Waals surface area contributed by atoms with E-state index in [1.54, 1.807) is 55.5 Å². The van der Waals surface area contributed by atoms with Gasteiger partial charge in [0.1, 0.15) is 6.04 Å². The zero-order chi connectivity index (χ0) is 29.2. The molecule has 0 aliphatic carbocycles. The van der Waals surface area contributed by atoms with E-state index in [1.165, 1.54) is 26.0 Å². The lowest BCUT2D eigenvalue weighted by atomic mass is 9.94. The van der Waals surface area contributed by atoms with Crippen LogP contribution in [0.15, 0.2) is 54.6 Å². The predicted molar refractivity (Wildman–Crippen MR) is 148 cm³/mol. The van der Waals surface area contributed by atoms with Crippen molar-refractivity contribution in [2.45, 2.75) is 51.6 Å². The molecule has 0 saturated carbocycles. The maximum atomic E-state index is 14.7.